The van der Waals surface area contributed by atoms with E-state index in [1.807, 2.05) is 0 Å². The molecular formula is C25H21NO8. The Kier molecular flexibility index (Phi) is 6.09. The monoisotopic (exact) mass is 463 g/mol. The lowest BCUT2D eigenvalue weighted by Gasteiger charge is -2.23. The van der Waals surface area contributed by atoms with Crippen molar-refractivity contribution in [2.24, 2.45) is 0 Å². The van der Waals surface area contributed by atoms with Crippen LogP contribution < -0.4 is 9.47 Å². The number of carboxylic acids is 1. The molecule has 0 aliphatic carbocycles. The number of furan rings is 1. The second kappa shape index (κ2) is 9.14. The third-order valence-corrected chi connectivity index (χ3v) is 5.56. The first-order valence-electron chi connectivity index (χ1n) is 10.2. The summed E-state index contributed by atoms with van der Waals surface area (Å²) in [5.74, 6) is -2.06. The van der Waals surface area contributed by atoms with E-state index >= 15 is 0 Å². The van der Waals surface area contributed by atoms with Crippen LogP contribution in [0.1, 0.15) is 33.3 Å². The molecule has 2 N–H and O–H groups in total. The Labute approximate surface area is 194 Å². The van der Waals surface area contributed by atoms with Gasteiger partial charge >= 0.3 is 5.97 Å². The van der Waals surface area contributed by atoms with Crippen LogP contribution in [0.4, 0.5) is 0 Å². The smallest absolute Gasteiger partial charge is 0.335 e. The van der Waals surface area contributed by atoms with Crippen LogP contribution in [0.25, 0.3) is 5.76 Å². The summed E-state index contributed by atoms with van der Waals surface area (Å²) < 4.78 is 16.0. The summed E-state index contributed by atoms with van der Waals surface area (Å²) in [6, 6.07) is 12.8. The fourth-order valence-corrected chi connectivity index (χ4v) is 3.87. The van der Waals surface area contributed by atoms with E-state index in [9.17, 15) is 19.5 Å². The summed E-state index contributed by atoms with van der Waals surface area (Å²) in [7, 11) is 2.92. The summed E-state index contributed by atoms with van der Waals surface area (Å²) in [6.45, 7) is -0.00144. The van der Waals surface area contributed by atoms with Crippen molar-refractivity contribution in [3.8, 4) is 11.5 Å². The Bertz CT molecular complexity index is 1270. The number of rotatable bonds is 7. The lowest BCUT2D eigenvalue weighted by molar-refractivity contribution is -0.140. The summed E-state index contributed by atoms with van der Waals surface area (Å²) >= 11 is 0. The molecule has 174 valence electrons. The molecule has 3 aromatic rings. The van der Waals surface area contributed by atoms with Gasteiger partial charge in [-0.25, -0.2) is 4.79 Å². The number of amides is 1. The van der Waals surface area contributed by atoms with Crippen molar-refractivity contribution in [3.05, 3.63) is 88.9 Å². The largest absolute Gasteiger partial charge is 0.507 e. The average molecular weight is 463 g/mol. The van der Waals surface area contributed by atoms with Gasteiger partial charge in [-0.05, 0) is 48.0 Å². The molecule has 2 heterocycles. The predicted octanol–water partition coefficient (Wildman–Crippen LogP) is 3.62. The first-order chi connectivity index (χ1) is 16.3. The lowest BCUT2D eigenvalue weighted by Crippen LogP contribution is -2.29. The number of aliphatic hydroxyl groups excluding tert-OH is 1. The van der Waals surface area contributed by atoms with E-state index in [4.69, 9.17) is 19.0 Å². The molecule has 1 amide bonds. The number of likely N-dealkylation sites (tertiary alicyclic amines) is 1. The number of benzene rings is 2. The van der Waals surface area contributed by atoms with Gasteiger partial charge in [0.25, 0.3) is 11.7 Å². The molecule has 0 saturated carbocycles. The van der Waals surface area contributed by atoms with Gasteiger partial charge in [-0.1, -0.05) is 12.1 Å². The summed E-state index contributed by atoms with van der Waals surface area (Å²) in [5.41, 5.74) is 0.837. The molecule has 1 atom stereocenters. The molecule has 2 aromatic carbocycles. The van der Waals surface area contributed by atoms with Crippen LogP contribution in [0, 0.1) is 0 Å². The van der Waals surface area contributed by atoms with Crippen molar-refractivity contribution in [1.82, 2.24) is 4.90 Å². The van der Waals surface area contributed by atoms with E-state index < -0.39 is 23.7 Å². The molecule has 9 heteroatoms. The van der Waals surface area contributed by atoms with Crippen LogP contribution >= 0.6 is 0 Å². The summed E-state index contributed by atoms with van der Waals surface area (Å²) in [6.07, 6.45) is 1.41. The second-order valence-corrected chi connectivity index (χ2v) is 7.51. The van der Waals surface area contributed by atoms with Gasteiger partial charge in [0.05, 0.1) is 31.6 Å². The summed E-state index contributed by atoms with van der Waals surface area (Å²) in [4.78, 5) is 38.5. The lowest BCUT2D eigenvalue weighted by atomic mass is 9.99. The minimum Gasteiger partial charge on any atom is -0.507 e. The van der Waals surface area contributed by atoms with Gasteiger partial charge in [-0.2, -0.15) is 0 Å². The van der Waals surface area contributed by atoms with E-state index in [0.29, 0.717) is 22.8 Å². The highest BCUT2D eigenvalue weighted by atomic mass is 16.5. The Morgan fingerprint density at radius 3 is 2.24 bits per heavy atom. The van der Waals surface area contributed by atoms with Crippen molar-refractivity contribution < 1.29 is 38.5 Å². The number of carbonyl (C=O) groups is 3. The molecule has 1 fully saturated rings. The normalized spacial score (nSPS) is 17.1. The van der Waals surface area contributed by atoms with Gasteiger partial charge in [0, 0.05) is 12.1 Å². The van der Waals surface area contributed by atoms with E-state index in [-0.39, 0.29) is 29.0 Å². The quantitative estimate of drug-likeness (QED) is 0.309. The zero-order valence-electron chi connectivity index (χ0n) is 18.3. The van der Waals surface area contributed by atoms with Crippen LogP contribution in [-0.4, -0.2) is 47.0 Å². The number of Topliss-reactive ketones (excluding diaryl/α,β-unsaturated/α-hetero) is 1. The molecule has 0 radical (unpaired) electrons. The van der Waals surface area contributed by atoms with Crippen LogP contribution in [0.2, 0.25) is 0 Å². The molecular weight excluding hydrogens is 442 g/mol. The van der Waals surface area contributed by atoms with E-state index in [1.165, 1.54) is 43.6 Å². The van der Waals surface area contributed by atoms with Crippen molar-refractivity contribution >= 4 is 23.4 Å². The van der Waals surface area contributed by atoms with Crippen molar-refractivity contribution in [2.75, 3.05) is 14.2 Å². The topological polar surface area (TPSA) is 127 Å². The molecule has 1 aromatic heterocycles. The van der Waals surface area contributed by atoms with Crippen LogP contribution in [0.5, 0.6) is 11.5 Å². The molecule has 0 bridgehead atoms. The molecule has 34 heavy (non-hydrogen) atoms. The highest BCUT2D eigenvalue weighted by molar-refractivity contribution is 6.46. The van der Waals surface area contributed by atoms with Gasteiger partial charge in [-0.3, -0.25) is 9.59 Å². The SMILES string of the molecule is COc1ccc(/C(O)=C2/C(=O)C(=O)N(Cc3ccc(C(=O)O)cc3)C2c2ccco2)cc1OC. The van der Waals surface area contributed by atoms with Crippen molar-refractivity contribution in [2.45, 2.75) is 12.6 Å². The van der Waals surface area contributed by atoms with Gasteiger partial charge in [0.1, 0.15) is 17.6 Å². The molecule has 4 rings (SSSR count). The third-order valence-electron chi connectivity index (χ3n) is 5.56. The number of ether oxygens (including phenoxy) is 2. The molecule has 1 unspecified atom stereocenters. The standard InChI is InChI=1S/C25H21NO8/c1-32-17-10-9-16(12-19(17)33-2)22(27)20-21(18-4-3-11-34-18)26(24(29)23(20)28)13-14-5-7-15(8-6-14)25(30)31/h3-12,21,27H,13H2,1-2H3,(H,30,31)/b22-20-. The zero-order chi connectivity index (χ0) is 24.4. The maximum absolute atomic E-state index is 13.1. The summed E-state index contributed by atoms with van der Waals surface area (Å²) in [5, 5.41) is 20.2. The Morgan fingerprint density at radius 1 is 0.971 bits per heavy atom. The van der Waals surface area contributed by atoms with E-state index in [0.717, 1.165) is 0 Å². The average Bonchev–Trinajstić information content (AvgIpc) is 3.46. The Balaban J connectivity index is 1.79. The number of carboxylic acid groups (broad SMARTS) is 1. The fourth-order valence-electron chi connectivity index (χ4n) is 3.87. The maximum Gasteiger partial charge on any atom is 0.335 e. The van der Waals surface area contributed by atoms with Crippen LogP contribution in [0.3, 0.4) is 0 Å². The second-order valence-electron chi connectivity index (χ2n) is 7.51. The van der Waals surface area contributed by atoms with Crippen LogP contribution in [-0.2, 0) is 16.1 Å². The minimum atomic E-state index is -1.07. The van der Waals surface area contributed by atoms with E-state index in [2.05, 4.69) is 0 Å². The first-order valence-corrected chi connectivity index (χ1v) is 10.2. The van der Waals surface area contributed by atoms with E-state index in [1.54, 1.807) is 36.4 Å². The number of aliphatic hydroxyl groups is 1. The van der Waals surface area contributed by atoms with Crippen molar-refractivity contribution in [3.63, 3.8) is 0 Å². The van der Waals surface area contributed by atoms with Gasteiger partial charge < -0.3 is 29.0 Å². The number of hydrogen-bond donors (Lipinski definition) is 2. The Hall–Kier alpha value is -4.53. The highest BCUT2D eigenvalue weighted by Crippen LogP contribution is 2.41. The number of ketones is 1. The number of aromatic carboxylic acids is 1. The molecule has 9 nitrogen and oxygen atoms in total. The fraction of sp³-hybridized carbons (Fsp3) is 0.160. The minimum absolute atomic E-state index is 0.00144. The maximum atomic E-state index is 13.1. The highest BCUT2D eigenvalue weighted by Gasteiger charge is 2.47. The van der Waals surface area contributed by atoms with Gasteiger partial charge in [0.15, 0.2) is 11.5 Å². The zero-order valence-corrected chi connectivity index (χ0v) is 18.3. The number of nitrogens with zero attached hydrogens (tertiary/aromatic N) is 1. The Morgan fingerprint density at radius 2 is 1.65 bits per heavy atom. The first kappa shape index (κ1) is 22.7. The van der Waals surface area contributed by atoms with Crippen LogP contribution in [0.15, 0.2) is 70.9 Å². The molecule has 0 spiro atoms. The number of hydrogen-bond acceptors (Lipinski definition) is 7. The predicted molar refractivity (Wildman–Crippen MR) is 120 cm³/mol. The molecule has 1 aliphatic heterocycles. The molecule has 1 saturated heterocycles. The van der Waals surface area contributed by atoms with Gasteiger partial charge in [-0.15, -0.1) is 0 Å². The third kappa shape index (κ3) is 3.99. The number of carbonyl (C=O) groups excluding carboxylic acids is 2. The molecule has 1 aliphatic rings. The van der Waals surface area contributed by atoms with Gasteiger partial charge in [0.2, 0.25) is 0 Å². The van der Waals surface area contributed by atoms with Crippen molar-refractivity contribution in [1.29, 1.82) is 0 Å². The number of methoxy groups -OCH3 is 2.